The highest BCUT2D eigenvalue weighted by atomic mass is 32.1. The highest BCUT2D eigenvalue weighted by Crippen LogP contribution is 2.38. The van der Waals surface area contributed by atoms with Gasteiger partial charge in [-0.1, -0.05) is 11.3 Å². The maximum atomic E-state index is 13.5. The van der Waals surface area contributed by atoms with Crippen LogP contribution in [0.5, 0.6) is 0 Å². The fourth-order valence-corrected chi connectivity index (χ4v) is 6.12. The molecule has 0 radical (unpaired) electrons. The lowest BCUT2D eigenvalue weighted by molar-refractivity contribution is -0.142. The van der Waals surface area contributed by atoms with Crippen LogP contribution in [0.1, 0.15) is 11.8 Å². The van der Waals surface area contributed by atoms with Crippen LogP contribution in [0.2, 0.25) is 0 Å². The van der Waals surface area contributed by atoms with Crippen LogP contribution in [0.3, 0.4) is 0 Å². The molecule has 2 fully saturated rings. The van der Waals surface area contributed by atoms with Crippen molar-refractivity contribution in [2.45, 2.75) is 19.6 Å². The van der Waals surface area contributed by atoms with Gasteiger partial charge in [0, 0.05) is 63.8 Å². The molecule has 5 heterocycles. The molecule has 3 aromatic heterocycles. The number of carbonyl (C=O) groups is 1. The minimum Gasteiger partial charge on any atom is -0.389 e. The van der Waals surface area contributed by atoms with Gasteiger partial charge in [-0.3, -0.25) is 9.69 Å². The summed E-state index contributed by atoms with van der Waals surface area (Å²) in [6, 6.07) is 10.3. The molecule has 1 amide bonds. The standard InChI is InChI=1S/C28H30FN9O2S/c1-3-38-27(34(2)28-32-26(23(13-30)41-28)18-4-6-19(29)7-5-18)21-12-24(31-14-22(21)33-38)36-10-8-35(9-11-36)17-25(40)37-15-20(39)16-37/h4-7,12,14,20,39H,3,8-11,15-17H2,1-2H3. The number of benzene rings is 1. The largest absolute Gasteiger partial charge is 0.389 e. The number of likely N-dealkylation sites (tertiary alicyclic amines) is 1. The van der Waals surface area contributed by atoms with Gasteiger partial charge in [-0.25, -0.2) is 19.0 Å². The molecule has 2 aliphatic rings. The van der Waals surface area contributed by atoms with E-state index in [1.54, 1.807) is 23.2 Å². The van der Waals surface area contributed by atoms with Crippen molar-refractivity contribution in [2.75, 3.05) is 62.7 Å². The minimum absolute atomic E-state index is 0.0623. The number of thiazole rings is 1. The number of halogens is 1. The average molecular weight is 576 g/mol. The summed E-state index contributed by atoms with van der Waals surface area (Å²) in [5.74, 6) is 1.40. The first kappa shape index (κ1) is 27.1. The molecule has 0 aliphatic carbocycles. The van der Waals surface area contributed by atoms with Gasteiger partial charge in [-0.15, -0.1) is 0 Å². The first-order valence-corrected chi connectivity index (χ1v) is 14.4. The fraction of sp³-hybridized carbons (Fsp3) is 0.393. The first-order valence-electron chi connectivity index (χ1n) is 13.5. The summed E-state index contributed by atoms with van der Waals surface area (Å²) >= 11 is 1.28. The van der Waals surface area contributed by atoms with E-state index in [0.29, 0.717) is 47.4 Å². The third-order valence-corrected chi connectivity index (χ3v) is 8.63. The van der Waals surface area contributed by atoms with Crippen LogP contribution < -0.4 is 9.80 Å². The zero-order valence-corrected chi connectivity index (χ0v) is 23.7. The van der Waals surface area contributed by atoms with Gasteiger partial charge < -0.3 is 19.8 Å². The van der Waals surface area contributed by atoms with E-state index < -0.39 is 6.10 Å². The Bertz CT molecular complexity index is 1620. The highest BCUT2D eigenvalue weighted by molar-refractivity contribution is 7.16. The molecule has 4 aromatic rings. The molecule has 0 bridgehead atoms. The molecular formula is C28H30FN9O2S. The van der Waals surface area contributed by atoms with Crippen LogP contribution in [0.4, 0.5) is 21.2 Å². The Morgan fingerprint density at radius 2 is 1.95 bits per heavy atom. The molecule has 0 atom stereocenters. The SMILES string of the molecule is CCn1nc2cnc(N3CCN(CC(=O)N4CC(O)C4)CC3)cc2c1N(C)c1nc(-c2ccc(F)cc2)c(C#N)s1. The second kappa shape index (κ2) is 11.0. The van der Waals surface area contributed by atoms with E-state index in [-0.39, 0.29) is 11.7 Å². The van der Waals surface area contributed by atoms with Crippen molar-refractivity contribution in [3.63, 3.8) is 0 Å². The number of hydrogen-bond acceptors (Lipinski definition) is 10. The molecule has 1 aromatic carbocycles. The van der Waals surface area contributed by atoms with E-state index in [1.807, 2.05) is 29.6 Å². The highest BCUT2D eigenvalue weighted by Gasteiger charge is 2.30. The van der Waals surface area contributed by atoms with Crippen LogP contribution in [-0.2, 0) is 11.3 Å². The van der Waals surface area contributed by atoms with Crippen molar-refractivity contribution in [3.8, 4) is 17.3 Å². The molecule has 0 spiro atoms. The first-order chi connectivity index (χ1) is 19.8. The molecule has 11 nitrogen and oxygen atoms in total. The lowest BCUT2D eigenvalue weighted by Gasteiger charge is -2.39. The van der Waals surface area contributed by atoms with Crippen LogP contribution in [0.15, 0.2) is 36.5 Å². The van der Waals surface area contributed by atoms with Gasteiger partial charge in [0.1, 0.15) is 39.6 Å². The van der Waals surface area contributed by atoms with Crippen molar-refractivity contribution >= 4 is 44.9 Å². The molecule has 1 N–H and O–H groups in total. The number of nitrogens with zero attached hydrogens (tertiary/aromatic N) is 9. The zero-order valence-electron chi connectivity index (χ0n) is 22.9. The fourth-order valence-electron chi connectivity index (χ4n) is 5.27. The van der Waals surface area contributed by atoms with Gasteiger partial charge >= 0.3 is 0 Å². The van der Waals surface area contributed by atoms with E-state index in [0.717, 1.165) is 48.7 Å². The number of pyridine rings is 1. The number of β-amino-alcohol motifs (C(OH)–C–C–N with tert-alkyl or cyclic N) is 1. The molecular weight excluding hydrogens is 545 g/mol. The summed E-state index contributed by atoms with van der Waals surface area (Å²) in [7, 11) is 1.91. The molecule has 0 saturated carbocycles. The lowest BCUT2D eigenvalue weighted by atomic mass is 10.1. The van der Waals surface area contributed by atoms with Gasteiger partial charge in [0.15, 0.2) is 5.13 Å². The number of carbonyl (C=O) groups excluding carboxylic acids is 1. The number of piperazine rings is 1. The van der Waals surface area contributed by atoms with E-state index in [2.05, 4.69) is 15.9 Å². The number of anilines is 3. The maximum absolute atomic E-state index is 13.5. The van der Waals surface area contributed by atoms with Crippen molar-refractivity contribution in [1.29, 1.82) is 5.26 Å². The molecule has 212 valence electrons. The van der Waals surface area contributed by atoms with E-state index in [4.69, 9.17) is 15.1 Å². The smallest absolute Gasteiger partial charge is 0.236 e. The predicted molar refractivity (Wildman–Crippen MR) is 155 cm³/mol. The number of aliphatic hydroxyl groups excluding tert-OH is 1. The monoisotopic (exact) mass is 575 g/mol. The third-order valence-electron chi connectivity index (χ3n) is 7.59. The van der Waals surface area contributed by atoms with Gasteiger partial charge in [-0.2, -0.15) is 10.4 Å². The van der Waals surface area contributed by atoms with Crippen LogP contribution in [0.25, 0.3) is 22.2 Å². The van der Waals surface area contributed by atoms with E-state index in [9.17, 15) is 19.6 Å². The Labute approximate surface area is 240 Å². The number of fused-ring (bicyclic) bond motifs is 1. The number of hydrogen-bond donors (Lipinski definition) is 1. The Morgan fingerprint density at radius 1 is 1.22 bits per heavy atom. The van der Waals surface area contributed by atoms with Gasteiger partial charge in [0.05, 0.1) is 18.8 Å². The topological polar surface area (TPSA) is 118 Å². The number of amides is 1. The number of aliphatic hydroxyl groups is 1. The summed E-state index contributed by atoms with van der Waals surface area (Å²) in [5, 5.41) is 25.6. The second-order valence-corrected chi connectivity index (χ2v) is 11.2. The number of aryl methyl sites for hydroxylation is 1. The minimum atomic E-state index is -0.390. The maximum Gasteiger partial charge on any atom is 0.236 e. The van der Waals surface area contributed by atoms with Crippen LogP contribution >= 0.6 is 11.3 Å². The van der Waals surface area contributed by atoms with Crippen molar-refractivity contribution < 1.29 is 14.3 Å². The Hall–Kier alpha value is -4.12. The average Bonchev–Trinajstić information content (AvgIpc) is 3.57. The third kappa shape index (κ3) is 5.21. The zero-order chi connectivity index (χ0) is 28.7. The number of nitriles is 1. The van der Waals surface area contributed by atoms with E-state index in [1.165, 1.54) is 23.5 Å². The molecule has 41 heavy (non-hydrogen) atoms. The number of rotatable bonds is 7. The normalized spacial score (nSPS) is 16.2. The van der Waals surface area contributed by atoms with Gasteiger partial charge in [0.25, 0.3) is 0 Å². The predicted octanol–water partition coefficient (Wildman–Crippen LogP) is 2.68. The van der Waals surface area contributed by atoms with Gasteiger partial charge in [-0.05, 0) is 37.3 Å². The molecule has 13 heteroatoms. The van der Waals surface area contributed by atoms with Crippen molar-refractivity contribution in [3.05, 3.63) is 47.2 Å². The van der Waals surface area contributed by atoms with E-state index >= 15 is 0 Å². The molecule has 2 saturated heterocycles. The Kier molecular flexibility index (Phi) is 7.29. The summed E-state index contributed by atoms with van der Waals surface area (Å²) in [6.07, 6.45) is 1.39. The second-order valence-electron chi connectivity index (χ2n) is 10.3. The van der Waals surface area contributed by atoms with Crippen molar-refractivity contribution in [1.82, 2.24) is 29.5 Å². The van der Waals surface area contributed by atoms with Crippen molar-refractivity contribution in [2.24, 2.45) is 0 Å². The number of aromatic nitrogens is 4. The molecule has 6 rings (SSSR count). The summed E-state index contributed by atoms with van der Waals surface area (Å²) in [6.45, 7) is 6.83. The molecule has 2 aliphatic heterocycles. The van der Waals surface area contributed by atoms with Crippen LogP contribution in [-0.4, -0.2) is 99.5 Å². The lowest BCUT2D eigenvalue weighted by Crippen LogP contribution is -2.57. The van der Waals surface area contributed by atoms with Crippen LogP contribution in [0, 0.1) is 17.1 Å². The summed E-state index contributed by atoms with van der Waals surface area (Å²) in [5.41, 5.74) is 1.96. The van der Waals surface area contributed by atoms with Gasteiger partial charge in [0.2, 0.25) is 5.91 Å². The quantitative estimate of drug-likeness (QED) is 0.355. The Morgan fingerprint density at radius 3 is 2.61 bits per heavy atom. The summed E-state index contributed by atoms with van der Waals surface area (Å²) < 4.78 is 15.4. The molecule has 0 unspecified atom stereocenters. The summed E-state index contributed by atoms with van der Waals surface area (Å²) in [4.78, 5) is 30.3. The Balaban J connectivity index is 1.24.